The summed E-state index contributed by atoms with van der Waals surface area (Å²) in [6.07, 6.45) is 0. The molecule has 0 radical (unpaired) electrons. The van der Waals surface area contributed by atoms with E-state index in [1.165, 1.54) is 4.90 Å². The molecular weight excluding hydrogens is 542 g/mol. The first-order chi connectivity index (χ1) is 21.6. The highest BCUT2D eigenvalue weighted by Gasteiger charge is 2.40. The fourth-order valence-electron chi connectivity index (χ4n) is 6.34. The molecule has 5 nitrogen and oxygen atoms in total. The summed E-state index contributed by atoms with van der Waals surface area (Å²) in [7, 11) is 0. The molecule has 7 aromatic rings. The fraction of sp³-hybridized carbons (Fsp3) is 0. The summed E-state index contributed by atoms with van der Waals surface area (Å²) in [6.45, 7) is 7.27. The zero-order chi connectivity index (χ0) is 29.8. The van der Waals surface area contributed by atoms with Crippen LogP contribution in [0.25, 0.3) is 54.6 Å². The molecule has 5 heteroatoms. The average Bonchev–Trinajstić information content (AvgIpc) is 3.55. The molecule has 206 valence electrons. The Balaban J connectivity index is 1.31. The van der Waals surface area contributed by atoms with Crippen LogP contribution >= 0.6 is 0 Å². The highest BCUT2D eigenvalue weighted by atomic mass is 16.2. The molecule has 0 unspecified atom stereocenters. The van der Waals surface area contributed by atoms with E-state index in [1.807, 2.05) is 109 Å². The highest BCUT2D eigenvalue weighted by molar-refractivity contribution is 6.36. The molecule has 0 atom stereocenters. The van der Waals surface area contributed by atoms with Crippen molar-refractivity contribution in [2.45, 2.75) is 0 Å². The van der Waals surface area contributed by atoms with Crippen molar-refractivity contribution in [3.05, 3.63) is 162 Å². The van der Waals surface area contributed by atoms with E-state index in [0.29, 0.717) is 28.2 Å². The summed E-state index contributed by atoms with van der Waals surface area (Å²) in [5, 5.41) is 2.08. The lowest BCUT2D eigenvalue weighted by molar-refractivity contribution is 0.0926. The molecule has 0 saturated carbocycles. The third kappa shape index (κ3) is 3.79. The summed E-state index contributed by atoms with van der Waals surface area (Å²) in [5.74, 6) is -0.674. The second-order valence-electron chi connectivity index (χ2n) is 10.8. The summed E-state index contributed by atoms with van der Waals surface area (Å²) in [6, 6.07) is 44.8. The first-order valence-corrected chi connectivity index (χ1v) is 14.3. The third-order valence-corrected chi connectivity index (χ3v) is 8.37. The number of fused-ring (bicyclic) bond motifs is 4. The first kappa shape index (κ1) is 25.5. The summed E-state index contributed by atoms with van der Waals surface area (Å²) < 4.78 is 2.09. The normalized spacial score (nSPS) is 12.6. The molecule has 0 N–H and O–H groups in total. The second-order valence-corrected chi connectivity index (χ2v) is 10.8. The second kappa shape index (κ2) is 9.94. The number of rotatable bonds is 4. The average molecular weight is 566 g/mol. The van der Waals surface area contributed by atoms with Crippen LogP contribution in [0, 0.1) is 6.57 Å². The summed E-state index contributed by atoms with van der Waals surface area (Å²) in [5.41, 5.74) is 8.29. The minimum atomic E-state index is -0.341. The lowest BCUT2D eigenvalue weighted by Gasteiger charge is -2.18. The van der Waals surface area contributed by atoms with Crippen LogP contribution in [0.3, 0.4) is 0 Å². The Morgan fingerprint density at radius 1 is 0.500 bits per heavy atom. The van der Waals surface area contributed by atoms with Crippen molar-refractivity contribution >= 4 is 45.0 Å². The van der Waals surface area contributed by atoms with Crippen LogP contribution in [0.4, 0.5) is 11.4 Å². The van der Waals surface area contributed by atoms with Crippen LogP contribution in [-0.2, 0) is 0 Å². The van der Waals surface area contributed by atoms with Gasteiger partial charge in [0, 0.05) is 16.3 Å². The van der Waals surface area contributed by atoms with Gasteiger partial charge < -0.3 is 4.57 Å². The smallest absolute Gasteiger partial charge is 0.268 e. The third-order valence-electron chi connectivity index (χ3n) is 8.37. The fourth-order valence-corrected chi connectivity index (χ4v) is 6.34. The van der Waals surface area contributed by atoms with Crippen molar-refractivity contribution in [2.75, 3.05) is 4.90 Å². The quantitative estimate of drug-likeness (QED) is 0.158. The largest absolute Gasteiger partial charge is 0.308 e. The van der Waals surface area contributed by atoms with Crippen LogP contribution in [-0.4, -0.2) is 16.4 Å². The van der Waals surface area contributed by atoms with Crippen LogP contribution in [0.5, 0.6) is 0 Å². The van der Waals surface area contributed by atoms with Crippen LogP contribution in [0.2, 0.25) is 0 Å². The van der Waals surface area contributed by atoms with Gasteiger partial charge in [-0.1, -0.05) is 103 Å². The number of hydrogen-bond acceptors (Lipinski definition) is 2. The number of benzene rings is 6. The van der Waals surface area contributed by atoms with E-state index in [2.05, 4.69) is 33.7 Å². The van der Waals surface area contributed by atoms with Gasteiger partial charge in [-0.3, -0.25) is 9.59 Å². The maximum atomic E-state index is 14.3. The molecule has 44 heavy (non-hydrogen) atoms. The number of anilines is 1. The predicted molar refractivity (Wildman–Crippen MR) is 175 cm³/mol. The molecule has 0 bridgehead atoms. The maximum Gasteiger partial charge on any atom is 0.268 e. The predicted octanol–water partition coefficient (Wildman–Crippen LogP) is 9.47. The van der Waals surface area contributed by atoms with Gasteiger partial charge in [0.05, 0.1) is 40.1 Å². The number of para-hydroxylation sites is 2. The Kier molecular flexibility index (Phi) is 5.75. The number of carbonyl (C=O) groups is 2. The van der Waals surface area contributed by atoms with Gasteiger partial charge in [-0.2, -0.15) is 0 Å². The molecule has 0 aliphatic carbocycles. The van der Waals surface area contributed by atoms with Crippen LogP contribution < -0.4 is 4.90 Å². The number of amides is 2. The molecule has 2 heterocycles. The maximum absolute atomic E-state index is 14.3. The van der Waals surface area contributed by atoms with Gasteiger partial charge in [0.1, 0.15) is 0 Å². The van der Waals surface area contributed by atoms with E-state index in [4.69, 9.17) is 6.57 Å². The Bertz CT molecular complexity index is 2330. The van der Waals surface area contributed by atoms with E-state index in [-0.39, 0.29) is 11.8 Å². The topological polar surface area (TPSA) is 46.7 Å². The first-order valence-electron chi connectivity index (χ1n) is 14.3. The van der Waals surface area contributed by atoms with Crippen molar-refractivity contribution < 1.29 is 9.59 Å². The van der Waals surface area contributed by atoms with Crippen molar-refractivity contribution in [3.63, 3.8) is 0 Å². The van der Waals surface area contributed by atoms with E-state index in [0.717, 1.165) is 44.1 Å². The van der Waals surface area contributed by atoms with Gasteiger partial charge in [0.2, 0.25) is 0 Å². The van der Waals surface area contributed by atoms with Gasteiger partial charge >= 0.3 is 0 Å². The van der Waals surface area contributed by atoms with E-state index in [1.54, 1.807) is 6.07 Å². The standard InChI is InChI=1S/C39H23N3O2/c1-40-28-21-18-25(19-22-28)27-20-23-35-32(24-27)30-13-6-8-16-34(30)41(35)36-17-9-14-31-37(36)39(44)42(38(31)43)33-15-7-5-12-29(33)26-10-3-2-4-11-26/h2-24H. The number of nitrogens with zero attached hydrogens (tertiary/aromatic N) is 3. The van der Waals surface area contributed by atoms with Crippen molar-refractivity contribution in [3.8, 4) is 27.9 Å². The summed E-state index contributed by atoms with van der Waals surface area (Å²) >= 11 is 0. The molecule has 1 aliphatic rings. The van der Waals surface area contributed by atoms with Crippen molar-refractivity contribution in [2.24, 2.45) is 0 Å². The number of imide groups is 1. The van der Waals surface area contributed by atoms with Gasteiger partial charge in [0.25, 0.3) is 11.8 Å². The Morgan fingerprint density at radius 2 is 1.16 bits per heavy atom. The minimum Gasteiger partial charge on any atom is -0.308 e. The zero-order valence-corrected chi connectivity index (χ0v) is 23.4. The molecular formula is C39H23N3O2. The van der Waals surface area contributed by atoms with Crippen molar-refractivity contribution in [1.29, 1.82) is 0 Å². The van der Waals surface area contributed by atoms with Gasteiger partial charge in [-0.25, -0.2) is 9.74 Å². The molecule has 6 aromatic carbocycles. The zero-order valence-electron chi connectivity index (χ0n) is 23.4. The van der Waals surface area contributed by atoms with E-state index >= 15 is 0 Å². The van der Waals surface area contributed by atoms with Gasteiger partial charge in [-0.15, -0.1) is 0 Å². The lowest BCUT2D eigenvalue weighted by Crippen LogP contribution is -2.30. The SMILES string of the molecule is [C-]#[N+]c1ccc(-c2ccc3c(c2)c2ccccc2n3-c2cccc3c2C(=O)N(c2ccccc2-c2ccccc2)C3=O)cc1. The van der Waals surface area contributed by atoms with Crippen molar-refractivity contribution in [1.82, 2.24) is 4.57 Å². The number of hydrogen-bond donors (Lipinski definition) is 0. The Morgan fingerprint density at radius 3 is 1.98 bits per heavy atom. The van der Waals surface area contributed by atoms with E-state index in [9.17, 15) is 9.59 Å². The molecule has 8 rings (SSSR count). The minimum absolute atomic E-state index is 0.332. The van der Waals surface area contributed by atoms with Gasteiger partial charge in [0.15, 0.2) is 5.69 Å². The van der Waals surface area contributed by atoms with Crippen LogP contribution in [0.15, 0.2) is 140 Å². The molecule has 2 amide bonds. The number of aromatic nitrogens is 1. The Hall–Kier alpha value is -6.25. The Labute approximate surface area is 253 Å². The molecule has 0 fully saturated rings. The van der Waals surface area contributed by atoms with Crippen LogP contribution in [0.1, 0.15) is 20.7 Å². The number of carbonyl (C=O) groups excluding carboxylic acids is 2. The summed E-state index contributed by atoms with van der Waals surface area (Å²) in [4.78, 5) is 33.1. The molecule has 1 aromatic heterocycles. The van der Waals surface area contributed by atoms with E-state index < -0.39 is 0 Å². The highest BCUT2D eigenvalue weighted by Crippen LogP contribution is 2.41. The lowest BCUT2D eigenvalue weighted by atomic mass is 10.0. The monoisotopic (exact) mass is 565 g/mol. The molecule has 0 spiro atoms. The molecule has 0 saturated heterocycles. The molecule has 1 aliphatic heterocycles. The van der Waals surface area contributed by atoms with Gasteiger partial charge in [-0.05, 0) is 53.1 Å².